The molecule has 5 rings (SSSR count). The summed E-state index contributed by atoms with van der Waals surface area (Å²) in [4.78, 5) is 24.1. The minimum atomic E-state index is 0.00610. The van der Waals surface area contributed by atoms with E-state index in [9.17, 15) is 4.79 Å². The number of allylic oxidation sites excluding steroid dienone is 1. The lowest BCUT2D eigenvalue weighted by Crippen LogP contribution is -2.47. The monoisotopic (exact) mass is 452 g/mol. The molecule has 1 saturated heterocycles. The van der Waals surface area contributed by atoms with E-state index >= 15 is 0 Å². The molecule has 5 heterocycles. The van der Waals surface area contributed by atoms with E-state index in [1.807, 2.05) is 28.7 Å². The van der Waals surface area contributed by atoms with Crippen LogP contribution in [0, 0.1) is 6.92 Å². The van der Waals surface area contributed by atoms with Crippen LogP contribution in [0.25, 0.3) is 10.8 Å². The maximum atomic E-state index is 13.0. The Hall–Kier alpha value is -2.54. The Balaban J connectivity index is 1.36. The Morgan fingerprint density at radius 2 is 2.06 bits per heavy atom. The van der Waals surface area contributed by atoms with E-state index in [-0.39, 0.29) is 18.3 Å². The van der Waals surface area contributed by atoms with Crippen molar-refractivity contribution >= 4 is 25.3 Å². The number of piperazine rings is 1. The average molecular weight is 452 g/mol. The Kier molecular flexibility index (Phi) is 5.84. The third kappa shape index (κ3) is 3.98. The fourth-order valence-electron chi connectivity index (χ4n) is 4.55. The zero-order chi connectivity index (χ0) is 22.2. The molecule has 2 unspecified atom stereocenters. The summed E-state index contributed by atoms with van der Waals surface area (Å²) in [5.74, 6) is 0.0452. The van der Waals surface area contributed by atoms with Gasteiger partial charge in [0.1, 0.15) is 0 Å². The molecule has 2 atom stereocenters. The molecule has 0 saturated carbocycles. The summed E-state index contributed by atoms with van der Waals surface area (Å²) in [6, 6.07) is 2.06. The molecule has 0 spiro atoms. The molecular formula is C23H29N6O2P. The minimum absolute atomic E-state index is 0.00610. The molecule has 0 aromatic carbocycles. The van der Waals surface area contributed by atoms with Gasteiger partial charge in [0, 0.05) is 50.3 Å². The second kappa shape index (κ2) is 8.77. The zero-order valence-electron chi connectivity index (χ0n) is 18.5. The van der Waals surface area contributed by atoms with Crippen molar-refractivity contribution in [1.29, 1.82) is 0 Å². The van der Waals surface area contributed by atoms with Crippen LogP contribution in [0.5, 0.6) is 0 Å². The van der Waals surface area contributed by atoms with E-state index in [0.29, 0.717) is 8.58 Å². The first kappa shape index (κ1) is 21.3. The summed E-state index contributed by atoms with van der Waals surface area (Å²) in [6.45, 7) is 8.66. The summed E-state index contributed by atoms with van der Waals surface area (Å²) in [5, 5.41) is 14.9. The van der Waals surface area contributed by atoms with Gasteiger partial charge in [0.25, 0.3) is 5.91 Å². The fraction of sp³-hybridized carbons (Fsp3) is 0.435. The van der Waals surface area contributed by atoms with Crippen molar-refractivity contribution in [1.82, 2.24) is 29.3 Å². The van der Waals surface area contributed by atoms with Crippen LogP contribution >= 0.6 is 8.58 Å². The maximum absolute atomic E-state index is 13.0. The van der Waals surface area contributed by atoms with Crippen LogP contribution in [0.1, 0.15) is 24.0 Å². The summed E-state index contributed by atoms with van der Waals surface area (Å²) in [5.41, 5.74) is 4.93. The summed E-state index contributed by atoms with van der Waals surface area (Å²) in [7, 11) is 0.444. The first-order valence-electron chi connectivity index (χ1n) is 11.2. The van der Waals surface area contributed by atoms with Gasteiger partial charge < -0.3 is 14.9 Å². The normalized spacial score (nSPS) is 22.5. The highest BCUT2D eigenvalue weighted by Crippen LogP contribution is 2.44. The van der Waals surface area contributed by atoms with Crippen LogP contribution in [-0.2, 0) is 11.2 Å². The number of aliphatic hydroxyl groups excluding tert-OH is 1. The lowest BCUT2D eigenvalue weighted by atomic mass is 10.2. The summed E-state index contributed by atoms with van der Waals surface area (Å²) in [6.07, 6.45) is 10.8. The van der Waals surface area contributed by atoms with Gasteiger partial charge in [0.2, 0.25) is 0 Å². The number of aliphatic hydroxyl groups is 1. The van der Waals surface area contributed by atoms with E-state index in [4.69, 9.17) is 10.2 Å². The van der Waals surface area contributed by atoms with Crippen LogP contribution in [0.3, 0.4) is 0 Å². The third-order valence-corrected chi connectivity index (χ3v) is 7.74. The molecule has 0 bridgehead atoms. The number of nitrogens with zero attached hydrogens (tertiary/aromatic N) is 6. The standard InChI is InChI=1S/C23H29N6O2P/c1-3-18-20-12-19(25-29(20)14-16(2)24-18)21-13-22(31)28-15-17(4-5-23(28)32-21)27-8-6-26(7-9-27)10-11-30/h4-5,12-15,23,30,32H,3,6-11H2,1-2H3. The second-order valence-electron chi connectivity index (χ2n) is 8.40. The SMILES string of the molecule is CCc1nc(C)cn2nc(C3=CC(=O)N4C=C(N5CCN(CCO)CC5)C=CC4P3)cc12. The fourth-order valence-corrected chi connectivity index (χ4v) is 5.88. The lowest BCUT2D eigenvalue weighted by Gasteiger charge is -2.39. The predicted molar refractivity (Wildman–Crippen MR) is 126 cm³/mol. The number of carbonyl (C=O) groups is 1. The molecule has 0 radical (unpaired) electrons. The van der Waals surface area contributed by atoms with Crippen LogP contribution in [0.15, 0.2) is 42.4 Å². The number of fused-ring (bicyclic) bond motifs is 2. The number of carbonyl (C=O) groups excluding carboxylic acids is 1. The molecule has 1 amide bonds. The Bertz CT molecular complexity index is 1130. The van der Waals surface area contributed by atoms with Crippen molar-refractivity contribution in [2.75, 3.05) is 39.3 Å². The largest absolute Gasteiger partial charge is 0.395 e. The zero-order valence-corrected chi connectivity index (χ0v) is 19.5. The van der Waals surface area contributed by atoms with Gasteiger partial charge >= 0.3 is 0 Å². The average Bonchev–Trinajstić information content (AvgIpc) is 3.23. The molecule has 8 nitrogen and oxygen atoms in total. The first-order valence-corrected chi connectivity index (χ1v) is 12.3. The Morgan fingerprint density at radius 1 is 1.25 bits per heavy atom. The predicted octanol–water partition coefficient (Wildman–Crippen LogP) is 1.81. The quantitative estimate of drug-likeness (QED) is 0.698. The number of aromatic nitrogens is 3. The molecule has 3 aliphatic heterocycles. The minimum Gasteiger partial charge on any atom is -0.395 e. The van der Waals surface area contributed by atoms with Crippen molar-refractivity contribution in [2.24, 2.45) is 0 Å². The van der Waals surface area contributed by atoms with Crippen LogP contribution in [0.4, 0.5) is 0 Å². The van der Waals surface area contributed by atoms with E-state index in [1.165, 1.54) is 0 Å². The highest BCUT2D eigenvalue weighted by molar-refractivity contribution is 7.51. The van der Waals surface area contributed by atoms with Crippen LogP contribution in [0.2, 0.25) is 0 Å². The number of amides is 1. The van der Waals surface area contributed by atoms with Gasteiger partial charge in [0.05, 0.1) is 46.9 Å². The molecule has 2 aromatic rings. The topological polar surface area (TPSA) is 77.2 Å². The Morgan fingerprint density at radius 3 is 2.81 bits per heavy atom. The maximum Gasteiger partial charge on any atom is 0.252 e. The highest BCUT2D eigenvalue weighted by Gasteiger charge is 2.31. The molecule has 168 valence electrons. The van der Waals surface area contributed by atoms with Crippen molar-refractivity contribution in [3.8, 4) is 0 Å². The van der Waals surface area contributed by atoms with E-state index in [1.54, 1.807) is 6.08 Å². The van der Waals surface area contributed by atoms with Gasteiger partial charge in [-0.3, -0.25) is 14.7 Å². The third-order valence-electron chi connectivity index (χ3n) is 6.26. The van der Waals surface area contributed by atoms with E-state index in [0.717, 1.165) is 72.8 Å². The van der Waals surface area contributed by atoms with Gasteiger partial charge in [-0.1, -0.05) is 21.6 Å². The van der Waals surface area contributed by atoms with Gasteiger partial charge in [-0.25, -0.2) is 4.52 Å². The first-order chi connectivity index (χ1) is 15.6. The molecule has 2 aromatic heterocycles. The number of aryl methyl sites for hydroxylation is 2. The van der Waals surface area contributed by atoms with Crippen LogP contribution in [-0.4, -0.2) is 85.4 Å². The molecule has 9 heteroatoms. The van der Waals surface area contributed by atoms with E-state index in [2.05, 4.69) is 39.9 Å². The lowest BCUT2D eigenvalue weighted by molar-refractivity contribution is -0.123. The van der Waals surface area contributed by atoms with Gasteiger partial charge in [0.15, 0.2) is 0 Å². The molecule has 0 aliphatic carbocycles. The molecule has 1 fully saturated rings. The van der Waals surface area contributed by atoms with Crippen molar-refractivity contribution in [2.45, 2.75) is 26.1 Å². The van der Waals surface area contributed by atoms with Crippen molar-refractivity contribution in [3.05, 3.63) is 59.5 Å². The number of rotatable bonds is 5. The number of hydrogen-bond donors (Lipinski definition) is 1. The smallest absolute Gasteiger partial charge is 0.252 e. The number of β-amino-alcohol motifs (C(OH)–C–C–N with tert-alkyl or cyclic N) is 1. The summed E-state index contributed by atoms with van der Waals surface area (Å²) >= 11 is 0. The van der Waals surface area contributed by atoms with Gasteiger partial charge in [-0.2, -0.15) is 5.10 Å². The van der Waals surface area contributed by atoms with Crippen molar-refractivity contribution in [3.63, 3.8) is 0 Å². The molecular weight excluding hydrogens is 423 g/mol. The molecule has 1 N–H and O–H groups in total. The van der Waals surface area contributed by atoms with E-state index < -0.39 is 0 Å². The Labute approximate surface area is 189 Å². The number of hydrogen-bond acceptors (Lipinski definition) is 6. The molecule has 32 heavy (non-hydrogen) atoms. The van der Waals surface area contributed by atoms with Crippen LogP contribution < -0.4 is 0 Å². The second-order valence-corrected chi connectivity index (χ2v) is 9.82. The van der Waals surface area contributed by atoms with Crippen molar-refractivity contribution < 1.29 is 9.90 Å². The van der Waals surface area contributed by atoms with Gasteiger partial charge in [-0.05, 0) is 25.5 Å². The highest BCUT2D eigenvalue weighted by atomic mass is 31.1. The summed E-state index contributed by atoms with van der Waals surface area (Å²) < 4.78 is 1.89. The van der Waals surface area contributed by atoms with Gasteiger partial charge in [-0.15, -0.1) is 0 Å². The molecule has 3 aliphatic rings.